The van der Waals surface area contributed by atoms with Crippen molar-refractivity contribution in [2.75, 3.05) is 11.1 Å². The number of amides is 1. The average molecular weight is 347 g/mol. The minimum atomic E-state index is -0.254. The van der Waals surface area contributed by atoms with Crippen LogP contribution in [0.15, 0.2) is 40.9 Å². The van der Waals surface area contributed by atoms with Gasteiger partial charge < -0.3 is 11.1 Å². The lowest BCUT2D eigenvalue weighted by Crippen LogP contribution is -2.20. The molecule has 0 radical (unpaired) electrons. The van der Waals surface area contributed by atoms with E-state index in [0.717, 1.165) is 26.9 Å². The molecule has 4 heteroatoms. The van der Waals surface area contributed by atoms with E-state index in [2.05, 4.69) is 21.2 Å². The van der Waals surface area contributed by atoms with Crippen LogP contribution in [0.3, 0.4) is 0 Å². The summed E-state index contributed by atoms with van der Waals surface area (Å²) < 4.78 is 1.01. The highest BCUT2D eigenvalue weighted by molar-refractivity contribution is 9.10. The van der Waals surface area contributed by atoms with Crippen LogP contribution < -0.4 is 11.1 Å². The topological polar surface area (TPSA) is 55.1 Å². The zero-order valence-electron chi connectivity index (χ0n) is 12.4. The summed E-state index contributed by atoms with van der Waals surface area (Å²) in [6.07, 6.45) is 0. The van der Waals surface area contributed by atoms with E-state index in [1.54, 1.807) is 0 Å². The molecule has 0 heterocycles. The van der Waals surface area contributed by atoms with E-state index < -0.39 is 0 Å². The van der Waals surface area contributed by atoms with Gasteiger partial charge in [-0.1, -0.05) is 28.1 Å². The average Bonchev–Trinajstić information content (AvgIpc) is 2.41. The minimum Gasteiger partial charge on any atom is -0.399 e. The largest absolute Gasteiger partial charge is 0.399 e. The lowest BCUT2D eigenvalue weighted by molar-refractivity contribution is -0.117. The Kier molecular flexibility index (Phi) is 4.68. The molecule has 2 aromatic carbocycles. The third-order valence-corrected chi connectivity index (χ3v) is 4.01. The van der Waals surface area contributed by atoms with Crippen LogP contribution in [0.1, 0.15) is 29.5 Å². The van der Waals surface area contributed by atoms with Crippen molar-refractivity contribution in [3.8, 4) is 0 Å². The number of hydrogen-bond acceptors (Lipinski definition) is 2. The maximum Gasteiger partial charge on any atom is 0.231 e. The van der Waals surface area contributed by atoms with Crippen LogP contribution in [-0.4, -0.2) is 5.91 Å². The molecule has 0 saturated heterocycles. The van der Waals surface area contributed by atoms with Gasteiger partial charge in [0.2, 0.25) is 5.91 Å². The number of nitrogens with two attached hydrogens (primary N) is 1. The SMILES string of the molecule is Cc1cc(Br)cc(C)c1NC(=O)C(C)c1cccc(N)c1. The summed E-state index contributed by atoms with van der Waals surface area (Å²) in [5, 5.41) is 3.02. The number of anilines is 2. The molecule has 0 aromatic heterocycles. The van der Waals surface area contributed by atoms with Gasteiger partial charge in [0.1, 0.15) is 0 Å². The lowest BCUT2D eigenvalue weighted by Gasteiger charge is -2.16. The molecule has 3 N–H and O–H groups in total. The highest BCUT2D eigenvalue weighted by atomic mass is 79.9. The first kappa shape index (κ1) is 15.6. The third-order valence-electron chi connectivity index (χ3n) is 3.55. The second-order valence-corrected chi connectivity index (χ2v) is 6.21. The van der Waals surface area contributed by atoms with Gasteiger partial charge in [0.05, 0.1) is 5.92 Å². The molecule has 1 atom stereocenters. The van der Waals surface area contributed by atoms with Gasteiger partial charge in [0.15, 0.2) is 0 Å². The van der Waals surface area contributed by atoms with Crippen LogP contribution in [-0.2, 0) is 4.79 Å². The number of benzene rings is 2. The molecule has 0 spiro atoms. The van der Waals surface area contributed by atoms with Crippen molar-refractivity contribution in [1.82, 2.24) is 0 Å². The van der Waals surface area contributed by atoms with E-state index in [1.807, 2.05) is 57.2 Å². The van der Waals surface area contributed by atoms with E-state index in [4.69, 9.17) is 5.73 Å². The van der Waals surface area contributed by atoms with Crippen molar-refractivity contribution < 1.29 is 4.79 Å². The second-order valence-electron chi connectivity index (χ2n) is 5.30. The number of aryl methyl sites for hydroxylation is 2. The smallest absolute Gasteiger partial charge is 0.231 e. The Morgan fingerprint density at radius 2 is 1.81 bits per heavy atom. The maximum absolute atomic E-state index is 12.4. The zero-order chi connectivity index (χ0) is 15.6. The first-order valence-corrected chi connectivity index (χ1v) is 7.61. The fourth-order valence-electron chi connectivity index (χ4n) is 2.32. The summed E-state index contributed by atoms with van der Waals surface area (Å²) in [5.74, 6) is -0.287. The molecule has 21 heavy (non-hydrogen) atoms. The standard InChI is InChI=1S/C17H19BrN2O/c1-10-7-14(18)8-11(2)16(10)20-17(21)12(3)13-5-4-6-15(19)9-13/h4-9,12H,19H2,1-3H3,(H,20,21). The number of hydrogen-bond donors (Lipinski definition) is 2. The summed E-state index contributed by atoms with van der Waals surface area (Å²) in [5.41, 5.74) is 10.3. The number of nitrogen functional groups attached to an aromatic ring is 1. The van der Waals surface area contributed by atoms with Gasteiger partial charge in [-0.3, -0.25) is 4.79 Å². The van der Waals surface area contributed by atoms with Gasteiger partial charge in [-0.25, -0.2) is 0 Å². The summed E-state index contributed by atoms with van der Waals surface area (Å²) >= 11 is 3.46. The number of halogens is 1. The molecule has 0 fully saturated rings. The number of rotatable bonds is 3. The van der Waals surface area contributed by atoms with Gasteiger partial charge in [-0.15, -0.1) is 0 Å². The molecule has 1 unspecified atom stereocenters. The molecule has 2 rings (SSSR count). The van der Waals surface area contributed by atoms with E-state index in [-0.39, 0.29) is 11.8 Å². The van der Waals surface area contributed by atoms with E-state index >= 15 is 0 Å². The van der Waals surface area contributed by atoms with Gasteiger partial charge in [0.25, 0.3) is 0 Å². The van der Waals surface area contributed by atoms with E-state index in [9.17, 15) is 4.79 Å². The highest BCUT2D eigenvalue weighted by Crippen LogP contribution is 2.27. The van der Waals surface area contributed by atoms with Crippen molar-refractivity contribution >= 4 is 33.2 Å². The van der Waals surface area contributed by atoms with E-state index in [1.165, 1.54) is 0 Å². The van der Waals surface area contributed by atoms with Crippen molar-refractivity contribution in [2.45, 2.75) is 26.7 Å². The predicted molar refractivity (Wildman–Crippen MR) is 91.5 cm³/mol. The molecule has 0 aliphatic heterocycles. The first-order valence-electron chi connectivity index (χ1n) is 6.81. The van der Waals surface area contributed by atoms with Gasteiger partial charge in [0, 0.05) is 15.8 Å². The third kappa shape index (κ3) is 3.64. The van der Waals surface area contributed by atoms with Gasteiger partial charge in [-0.05, 0) is 61.7 Å². The Labute approximate surface area is 133 Å². The Bertz CT molecular complexity index is 659. The predicted octanol–water partition coefficient (Wildman–Crippen LogP) is 4.39. The summed E-state index contributed by atoms with van der Waals surface area (Å²) in [4.78, 5) is 12.4. The minimum absolute atomic E-state index is 0.0332. The van der Waals surface area contributed by atoms with Gasteiger partial charge in [-0.2, -0.15) is 0 Å². The van der Waals surface area contributed by atoms with Crippen molar-refractivity contribution in [3.05, 3.63) is 57.6 Å². The fraction of sp³-hybridized carbons (Fsp3) is 0.235. The molecule has 0 aliphatic rings. The quantitative estimate of drug-likeness (QED) is 0.809. The molecule has 1 amide bonds. The maximum atomic E-state index is 12.4. The Hall–Kier alpha value is -1.81. The molecule has 0 saturated carbocycles. The molecule has 2 aromatic rings. The number of nitrogens with one attached hydrogen (secondary N) is 1. The zero-order valence-corrected chi connectivity index (χ0v) is 14.0. The Morgan fingerprint density at radius 1 is 1.19 bits per heavy atom. The Balaban J connectivity index is 2.22. The van der Waals surface area contributed by atoms with Crippen LogP contribution in [0, 0.1) is 13.8 Å². The molecule has 110 valence electrons. The first-order chi connectivity index (χ1) is 9.88. The molecule has 0 bridgehead atoms. The normalized spacial score (nSPS) is 12.0. The summed E-state index contributed by atoms with van der Waals surface area (Å²) in [7, 11) is 0. The Morgan fingerprint density at radius 3 is 2.38 bits per heavy atom. The van der Waals surface area contributed by atoms with Gasteiger partial charge >= 0.3 is 0 Å². The summed E-state index contributed by atoms with van der Waals surface area (Å²) in [6, 6.07) is 11.4. The molecule has 3 nitrogen and oxygen atoms in total. The second kappa shape index (κ2) is 6.31. The monoisotopic (exact) mass is 346 g/mol. The molecular weight excluding hydrogens is 328 g/mol. The molecular formula is C17H19BrN2O. The molecule has 0 aliphatic carbocycles. The van der Waals surface area contributed by atoms with Crippen molar-refractivity contribution in [2.24, 2.45) is 0 Å². The van der Waals surface area contributed by atoms with Crippen molar-refractivity contribution in [3.63, 3.8) is 0 Å². The number of carbonyl (C=O) groups excluding carboxylic acids is 1. The fourth-order valence-corrected chi connectivity index (χ4v) is 3.01. The number of carbonyl (C=O) groups is 1. The lowest BCUT2D eigenvalue weighted by atomic mass is 9.99. The van der Waals surface area contributed by atoms with Crippen molar-refractivity contribution in [1.29, 1.82) is 0 Å². The van der Waals surface area contributed by atoms with Crippen LogP contribution in [0.5, 0.6) is 0 Å². The van der Waals surface area contributed by atoms with Crippen LogP contribution in [0.25, 0.3) is 0 Å². The highest BCUT2D eigenvalue weighted by Gasteiger charge is 2.17. The van der Waals surface area contributed by atoms with Crippen LogP contribution in [0.2, 0.25) is 0 Å². The van der Waals surface area contributed by atoms with E-state index in [0.29, 0.717) is 5.69 Å². The van der Waals surface area contributed by atoms with Crippen LogP contribution >= 0.6 is 15.9 Å². The summed E-state index contributed by atoms with van der Waals surface area (Å²) in [6.45, 7) is 5.85. The van der Waals surface area contributed by atoms with Crippen LogP contribution in [0.4, 0.5) is 11.4 Å².